The van der Waals surface area contributed by atoms with Crippen molar-refractivity contribution in [3.8, 4) is 0 Å². The van der Waals surface area contributed by atoms with Crippen LogP contribution in [0.3, 0.4) is 0 Å². The number of nitrogens with zero attached hydrogens (tertiary/aromatic N) is 3. The van der Waals surface area contributed by atoms with Crippen molar-refractivity contribution in [3.63, 3.8) is 0 Å². The molecule has 1 saturated heterocycles. The first-order chi connectivity index (χ1) is 8.11. The minimum Gasteiger partial charge on any atom is -0.383 e. The molecule has 0 aromatic carbocycles. The molecule has 2 rings (SSSR count). The smallest absolute Gasteiger partial charge is 0.186 e. The zero-order valence-electron chi connectivity index (χ0n) is 10.4. The van der Waals surface area contributed by atoms with Crippen molar-refractivity contribution in [2.75, 3.05) is 38.1 Å². The molecular formula is C11H19N5S. The minimum atomic E-state index is 0.139. The van der Waals surface area contributed by atoms with Gasteiger partial charge in [0.1, 0.15) is 5.84 Å². The average Bonchev–Trinajstić information content (AvgIpc) is 2.74. The molecule has 0 amide bonds. The fraction of sp³-hybridized carbons (Fsp3) is 0.636. The number of likely N-dealkylation sites (N-methyl/N-ethyl adjacent to an activating group) is 1. The molecule has 1 aromatic heterocycles. The SMILES string of the molecule is CCc1nc(N2CCN(C)CC2)sc1C(=N)N. The number of thiazole rings is 1. The fourth-order valence-electron chi connectivity index (χ4n) is 1.92. The van der Waals surface area contributed by atoms with Gasteiger partial charge in [0.25, 0.3) is 0 Å². The van der Waals surface area contributed by atoms with Crippen LogP contribution < -0.4 is 10.6 Å². The van der Waals surface area contributed by atoms with E-state index >= 15 is 0 Å². The summed E-state index contributed by atoms with van der Waals surface area (Å²) >= 11 is 1.55. The standard InChI is InChI=1S/C11H19N5S/c1-3-8-9(10(12)13)17-11(14-8)16-6-4-15(2)5-7-16/h3-7H2,1-2H3,(H3,12,13). The number of nitrogens with two attached hydrogens (primary N) is 1. The minimum absolute atomic E-state index is 0.139. The second kappa shape index (κ2) is 5.01. The number of hydrogen-bond donors (Lipinski definition) is 2. The molecule has 0 aliphatic carbocycles. The summed E-state index contributed by atoms with van der Waals surface area (Å²) in [5.41, 5.74) is 6.54. The van der Waals surface area contributed by atoms with Gasteiger partial charge in [-0.1, -0.05) is 18.3 Å². The van der Waals surface area contributed by atoms with E-state index < -0.39 is 0 Å². The normalized spacial score (nSPS) is 17.4. The van der Waals surface area contributed by atoms with Crippen LogP contribution in [0.5, 0.6) is 0 Å². The predicted molar refractivity (Wildman–Crippen MR) is 72.2 cm³/mol. The van der Waals surface area contributed by atoms with Crippen LogP contribution in [0.1, 0.15) is 17.5 Å². The van der Waals surface area contributed by atoms with Gasteiger partial charge in [-0.3, -0.25) is 5.41 Å². The van der Waals surface area contributed by atoms with Gasteiger partial charge in [-0.25, -0.2) is 4.98 Å². The van der Waals surface area contributed by atoms with Crippen molar-refractivity contribution >= 4 is 22.3 Å². The van der Waals surface area contributed by atoms with E-state index in [1.807, 2.05) is 0 Å². The van der Waals surface area contributed by atoms with Gasteiger partial charge in [-0.15, -0.1) is 0 Å². The number of nitrogens with one attached hydrogen (secondary N) is 1. The molecule has 0 spiro atoms. The molecule has 0 atom stereocenters. The summed E-state index contributed by atoms with van der Waals surface area (Å²) in [4.78, 5) is 10.0. The molecule has 0 unspecified atom stereocenters. The molecule has 0 bridgehead atoms. The van der Waals surface area contributed by atoms with Crippen LogP contribution in [0, 0.1) is 5.41 Å². The van der Waals surface area contributed by atoms with Gasteiger partial charge in [0.05, 0.1) is 10.6 Å². The van der Waals surface area contributed by atoms with E-state index in [1.54, 1.807) is 11.3 Å². The largest absolute Gasteiger partial charge is 0.383 e. The molecule has 1 fully saturated rings. The number of aryl methyl sites for hydroxylation is 1. The number of nitrogen functional groups attached to an aromatic ring is 1. The first kappa shape index (κ1) is 12.3. The highest BCUT2D eigenvalue weighted by molar-refractivity contribution is 7.17. The van der Waals surface area contributed by atoms with Crippen LogP contribution in [-0.4, -0.2) is 48.9 Å². The van der Waals surface area contributed by atoms with Crippen molar-refractivity contribution in [2.45, 2.75) is 13.3 Å². The number of piperazine rings is 1. The van der Waals surface area contributed by atoms with Crippen LogP contribution in [0.15, 0.2) is 0 Å². The van der Waals surface area contributed by atoms with E-state index in [0.29, 0.717) is 0 Å². The number of anilines is 1. The average molecular weight is 253 g/mol. The van der Waals surface area contributed by atoms with Crippen LogP contribution in [0.4, 0.5) is 5.13 Å². The summed E-state index contributed by atoms with van der Waals surface area (Å²) < 4.78 is 0. The Balaban J connectivity index is 2.19. The lowest BCUT2D eigenvalue weighted by Crippen LogP contribution is -2.44. The van der Waals surface area contributed by atoms with Gasteiger partial charge < -0.3 is 15.5 Å². The summed E-state index contributed by atoms with van der Waals surface area (Å²) in [5.74, 6) is 0.139. The van der Waals surface area contributed by atoms with Crippen LogP contribution in [0.2, 0.25) is 0 Å². The van der Waals surface area contributed by atoms with Crippen molar-refractivity contribution < 1.29 is 0 Å². The third-order valence-electron chi connectivity index (χ3n) is 3.04. The molecule has 6 heteroatoms. The molecule has 2 heterocycles. The lowest BCUT2D eigenvalue weighted by atomic mass is 10.3. The van der Waals surface area contributed by atoms with E-state index in [9.17, 15) is 0 Å². The summed E-state index contributed by atoms with van der Waals surface area (Å²) in [7, 11) is 2.14. The van der Waals surface area contributed by atoms with E-state index in [-0.39, 0.29) is 5.84 Å². The maximum Gasteiger partial charge on any atom is 0.186 e. The number of aromatic nitrogens is 1. The molecule has 3 N–H and O–H groups in total. The number of hydrogen-bond acceptors (Lipinski definition) is 5. The number of amidine groups is 1. The third kappa shape index (κ3) is 2.58. The Kier molecular flexibility index (Phi) is 3.63. The summed E-state index contributed by atoms with van der Waals surface area (Å²) in [5, 5.41) is 8.57. The highest BCUT2D eigenvalue weighted by atomic mass is 32.1. The van der Waals surface area contributed by atoms with Gasteiger partial charge in [-0.2, -0.15) is 0 Å². The molecule has 0 radical (unpaired) electrons. The zero-order valence-corrected chi connectivity index (χ0v) is 11.2. The Bertz CT molecular complexity index is 406. The van der Waals surface area contributed by atoms with Crippen LogP contribution in [-0.2, 0) is 6.42 Å². The van der Waals surface area contributed by atoms with Crippen LogP contribution in [0.25, 0.3) is 0 Å². The highest BCUT2D eigenvalue weighted by Gasteiger charge is 2.20. The van der Waals surface area contributed by atoms with Crippen molar-refractivity contribution in [1.82, 2.24) is 9.88 Å². The summed E-state index contributed by atoms with van der Waals surface area (Å²) in [6.45, 7) is 6.19. The summed E-state index contributed by atoms with van der Waals surface area (Å²) in [6.07, 6.45) is 0.832. The van der Waals surface area contributed by atoms with Crippen LogP contribution >= 0.6 is 11.3 Å². The molecule has 1 aliphatic rings. The molecule has 17 heavy (non-hydrogen) atoms. The van der Waals surface area contributed by atoms with E-state index in [1.165, 1.54) is 0 Å². The highest BCUT2D eigenvalue weighted by Crippen LogP contribution is 2.27. The van der Waals surface area contributed by atoms with Crippen molar-refractivity contribution in [2.24, 2.45) is 5.73 Å². The lowest BCUT2D eigenvalue weighted by Gasteiger charge is -2.32. The maximum atomic E-state index is 7.56. The quantitative estimate of drug-likeness (QED) is 0.616. The van der Waals surface area contributed by atoms with E-state index in [4.69, 9.17) is 11.1 Å². The van der Waals surface area contributed by atoms with E-state index in [2.05, 4.69) is 28.8 Å². The second-order valence-electron chi connectivity index (χ2n) is 4.33. The number of rotatable bonds is 3. The topological polar surface area (TPSA) is 69.2 Å². The Labute approximate surface area is 106 Å². The third-order valence-corrected chi connectivity index (χ3v) is 4.23. The molecule has 5 nitrogen and oxygen atoms in total. The van der Waals surface area contributed by atoms with Gasteiger partial charge >= 0.3 is 0 Å². The molecule has 94 valence electrons. The molecule has 1 aliphatic heterocycles. The van der Waals surface area contributed by atoms with Gasteiger partial charge in [0.2, 0.25) is 0 Å². The Morgan fingerprint density at radius 1 is 1.41 bits per heavy atom. The van der Waals surface area contributed by atoms with E-state index in [0.717, 1.165) is 48.3 Å². The summed E-state index contributed by atoms with van der Waals surface area (Å²) in [6, 6.07) is 0. The monoisotopic (exact) mass is 253 g/mol. The lowest BCUT2D eigenvalue weighted by molar-refractivity contribution is 0.312. The Morgan fingerprint density at radius 3 is 2.53 bits per heavy atom. The second-order valence-corrected chi connectivity index (χ2v) is 5.31. The fourth-order valence-corrected chi connectivity index (χ4v) is 2.99. The van der Waals surface area contributed by atoms with Gasteiger partial charge in [0, 0.05) is 26.2 Å². The molecular weight excluding hydrogens is 234 g/mol. The molecule has 0 saturated carbocycles. The Morgan fingerprint density at radius 2 is 2.06 bits per heavy atom. The van der Waals surface area contributed by atoms with Crippen molar-refractivity contribution in [1.29, 1.82) is 5.41 Å². The predicted octanol–water partition coefficient (Wildman–Crippen LogP) is 0.741. The first-order valence-electron chi connectivity index (χ1n) is 5.89. The zero-order chi connectivity index (χ0) is 12.4. The molecule has 1 aromatic rings. The van der Waals surface area contributed by atoms with Crippen molar-refractivity contribution in [3.05, 3.63) is 10.6 Å². The Hall–Kier alpha value is -1.14. The first-order valence-corrected chi connectivity index (χ1v) is 6.71. The van der Waals surface area contributed by atoms with Gasteiger partial charge in [-0.05, 0) is 13.5 Å². The van der Waals surface area contributed by atoms with Gasteiger partial charge in [0.15, 0.2) is 5.13 Å². The maximum absolute atomic E-state index is 7.56.